The van der Waals surface area contributed by atoms with Gasteiger partial charge in [-0.1, -0.05) is 18.2 Å². The molecular weight excluding hydrogens is 348 g/mol. The van der Waals surface area contributed by atoms with E-state index in [-0.39, 0.29) is 0 Å². The molecule has 1 saturated carbocycles. The molecule has 2 saturated heterocycles. The zero-order valence-electron chi connectivity index (χ0n) is 14.5. The molecule has 7 heteroatoms. The van der Waals surface area contributed by atoms with Crippen LogP contribution >= 0.6 is 0 Å². The van der Waals surface area contributed by atoms with Crippen LogP contribution in [-0.4, -0.2) is 49.1 Å². The molecule has 0 radical (unpaired) electrons. The first-order valence-corrected chi connectivity index (χ1v) is 10.7. The lowest BCUT2D eigenvalue weighted by Gasteiger charge is -2.22. The molecule has 3 heterocycles. The molecule has 26 heavy (non-hydrogen) atoms. The molecule has 3 fully saturated rings. The van der Waals surface area contributed by atoms with Gasteiger partial charge in [0.1, 0.15) is 0 Å². The van der Waals surface area contributed by atoms with Crippen LogP contribution in [0.2, 0.25) is 0 Å². The minimum absolute atomic E-state index is 0.360. The third kappa shape index (κ3) is 2.79. The number of hydrogen-bond donors (Lipinski definition) is 0. The molecule has 1 aromatic carbocycles. The van der Waals surface area contributed by atoms with Gasteiger partial charge in [0.05, 0.1) is 10.6 Å². The van der Waals surface area contributed by atoms with Gasteiger partial charge in [0, 0.05) is 32.1 Å². The molecule has 6 nitrogen and oxygen atoms in total. The standard InChI is InChI=1S/C19H22N4O2S/c24-26(25,17-4-2-1-3-5-17)23-12-15-10-22(11-16(15)13-23)19-9-8-18(20-21-19)14-6-7-14/h1-5,8-9,14-16H,6-7,10-13H2. The van der Waals surface area contributed by atoms with Crippen LogP contribution in [0.5, 0.6) is 0 Å². The first-order chi connectivity index (χ1) is 12.6. The number of sulfonamides is 1. The Morgan fingerprint density at radius 3 is 2.12 bits per heavy atom. The zero-order chi connectivity index (χ0) is 17.7. The van der Waals surface area contributed by atoms with E-state index in [1.54, 1.807) is 28.6 Å². The van der Waals surface area contributed by atoms with Crippen LogP contribution in [0.15, 0.2) is 47.4 Å². The second kappa shape index (κ2) is 6.03. The Morgan fingerprint density at radius 1 is 0.846 bits per heavy atom. The lowest BCUT2D eigenvalue weighted by molar-refractivity contribution is 0.453. The Labute approximate surface area is 153 Å². The molecular formula is C19H22N4O2S. The highest BCUT2D eigenvalue weighted by atomic mass is 32.2. The van der Waals surface area contributed by atoms with Gasteiger partial charge in [-0.05, 0) is 48.9 Å². The van der Waals surface area contributed by atoms with Crippen molar-refractivity contribution in [1.82, 2.24) is 14.5 Å². The van der Waals surface area contributed by atoms with Gasteiger partial charge in [-0.2, -0.15) is 9.40 Å². The molecule has 0 N–H and O–H groups in total. The molecule has 0 amide bonds. The number of aromatic nitrogens is 2. The lowest BCUT2D eigenvalue weighted by atomic mass is 10.0. The summed E-state index contributed by atoms with van der Waals surface area (Å²) in [5.74, 6) is 2.25. The van der Waals surface area contributed by atoms with Crippen molar-refractivity contribution >= 4 is 15.8 Å². The predicted octanol–water partition coefficient (Wildman–Crippen LogP) is 2.11. The summed E-state index contributed by atoms with van der Waals surface area (Å²) in [6, 6.07) is 12.9. The number of anilines is 1. The van der Waals surface area contributed by atoms with E-state index in [0.29, 0.717) is 35.7 Å². The molecule has 2 aliphatic heterocycles. The van der Waals surface area contributed by atoms with Gasteiger partial charge in [0.25, 0.3) is 0 Å². The average Bonchev–Trinajstić information content (AvgIpc) is 3.31. The first-order valence-electron chi connectivity index (χ1n) is 9.25. The number of hydrogen-bond acceptors (Lipinski definition) is 5. The van der Waals surface area contributed by atoms with Crippen LogP contribution in [0.25, 0.3) is 0 Å². The SMILES string of the molecule is O=S(=O)(c1ccccc1)N1CC2CN(c3ccc(C4CC4)nn3)CC2C1. The van der Waals surface area contributed by atoms with Crippen molar-refractivity contribution < 1.29 is 8.42 Å². The minimum atomic E-state index is -3.38. The van der Waals surface area contributed by atoms with Crippen LogP contribution in [0.3, 0.4) is 0 Å². The van der Waals surface area contributed by atoms with Gasteiger partial charge < -0.3 is 4.90 Å². The van der Waals surface area contributed by atoms with Crippen LogP contribution in [0.4, 0.5) is 5.82 Å². The summed E-state index contributed by atoms with van der Waals surface area (Å²) in [6.45, 7) is 2.88. The van der Waals surface area contributed by atoms with Crippen molar-refractivity contribution in [2.75, 3.05) is 31.1 Å². The lowest BCUT2D eigenvalue weighted by Crippen LogP contribution is -2.33. The highest BCUT2D eigenvalue weighted by molar-refractivity contribution is 7.89. The van der Waals surface area contributed by atoms with Gasteiger partial charge in [0.15, 0.2) is 5.82 Å². The maximum absolute atomic E-state index is 12.8. The van der Waals surface area contributed by atoms with Crippen LogP contribution < -0.4 is 4.90 Å². The van der Waals surface area contributed by atoms with E-state index in [9.17, 15) is 8.42 Å². The van der Waals surface area contributed by atoms with Crippen LogP contribution in [0, 0.1) is 11.8 Å². The molecule has 2 unspecified atom stereocenters. The fourth-order valence-electron chi connectivity index (χ4n) is 4.18. The number of fused-ring (bicyclic) bond motifs is 1. The fourth-order valence-corrected chi connectivity index (χ4v) is 5.75. The molecule has 1 aliphatic carbocycles. The molecule has 2 atom stereocenters. The zero-order valence-corrected chi connectivity index (χ0v) is 15.3. The molecule has 3 aliphatic rings. The Kier molecular flexibility index (Phi) is 3.76. The van der Waals surface area contributed by atoms with E-state index in [1.165, 1.54) is 12.8 Å². The number of rotatable bonds is 4. The van der Waals surface area contributed by atoms with Crippen molar-refractivity contribution in [3.05, 3.63) is 48.2 Å². The highest BCUT2D eigenvalue weighted by Crippen LogP contribution is 2.39. The van der Waals surface area contributed by atoms with E-state index < -0.39 is 10.0 Å². The summed E-state index contributed by atoms with van der Waals surface area (Å²) in [4.78, 5) is 2.64. The fraction of sp³-hybridized carbons (Fsp3) is 0.474. The quantitative estimate of drug-likeness (QED) is 0.825. The Morgan fingerprint density at radius 2 is 1.54 bits per heavy atom. The van der Waals surface area contributed by atoms with Crippen molar-refractivity contribution in [3.63, 3.8) is 0 Å². The predicted molar refractivity (Wildman–Crippen MR) is 98.4 cm³/mol. The summed E-state index contributed by atoms with van der Waals surface area (Å²) >= 11 is 0. The Bertz CT molecular complexity index is 883. The van der Waals surface area contributed by atoms with Crippen LogP contribution in [0.1, 0.15) is 24.5 Å². The molecule has 2 aromatic rings. The molecule has 5 rings (SSSR count). The van der Waals surface area contributed by atoms with Gasteiger partial charge in [0.2, 0.25) is 10.0 Å². The largest absolute Gasteiger partial charge is 0.354 e. The second-order valence-electron chi connectivity index (χ2n) is 7.65. The van der Waals surface area contributed by atoms with Gasteiger partial charge in [-0.25, -0.2) is 8.42 Å². The van der Waals surface area contributed by atoms with E-state index in [1.807, 2.05) is 6.07 Å². The average molecular weight is 370 g/mol. The third-order valence-electron chi connectivity index (χ3n) is 5.82. The summed E-state index contributed by atoms with van der Waals surface area (Å²) < 4.78 is 27.3. The van der Waals surface area contributed by atoms with E-state index in [4.69, 9.17) is 0 Å². The van der Waals surface area contributed by atoms with E-state index in [2.05, 4.69) is 27.2 Å². The van der Waals surface area contributed by atoms with Crippen molar-refractivity contribution in [1.29, 1.82) is 0 Å². The molecule has 136 valence electrons. The van der Waals surface area contributed by atoms with E-state index in [0.717, 1.165) is 24.6 Å². The van der Waals surface area contributed by atoms with Crippen LogP contribution in [-0.2, 0) is 10.0 Å². The molecule has 1 aromatic heterocycles. The summed E-state index contributed by atoms with van der Waals surface area (Å²) in [6.07, 6.45) is 2.46. The smallest absolute Gasteiger partial charge is 0.243 e. The molecule has 0 bridgehead atoms. The number of benzene rings is 1. The summed E-state index contributed by atoms with van der Waals surface area (Å²) in [5, 5.41) is 8.78. The Balaban J connectivity index is 1.27. The minimum Gasteiger partial charge on any atom is -0.354 e. The van der Waals surface area contributed by atoms with Crippen molar-refractivity contribution in [3.8, 4) is 0 Å². The third-order valence-corrected chi connectivity index (χ3v) is 7.67. The number of nitrogens with zero attached hydrogens (tertiary/aromatic N) is 4. The van der Waals surface area contributed by atoms with Gasteiger partial charge >= 0.3 is 0 Å². The van der Waals surface area contributed by atoms with Crippen molar-refractivity contribution in [2.45, 2.75) is 23.7 Å². The second-order valence-corrected chi connectivity index (χ2v) is 9.59. The summed E-state index contributed by atoms with van der Waals surface area (Å²) in [7, 11) is -3.38. The Hall–Kier alpha value is -1.99. The monoisotopic (exact) mass is 370 g/mol. The maximum atomic E-state index is 12.8. The first kappa shape index (κ1) is 16.2. The van der Waals surface area contributed by atoms with Gasteiger partial charge in [-0.15, -0.1) is 5.10 Å². The van der Waals surface area contributed by atoms with E-state index >= 15 is 0 Å². The van der Waals surface area contributed by atoms with Gasteiger partial charge in [-0.3, -0.25) is 0 Å². The molecule has 0 spiro atoms. The maximum Gasteiger partial charge on any atom is 0.243 e. The normalized spacial score (nSPS) is 26.2. The topological polar surface area (TPSA) is 66.4 Å². The summed E-state index contributed by atoms with van der Waals surface area (Å²) in [5.41, 5.74) is 1.10. The highest BCUT2D eigenvalue weighted by Gasteiger charge is 2.44. The van der Waals surface area contributed by atoms with Crippen molar-refractivity contribution in [2.24, 2.45) is 11.8 Å².